The summed E-state index contributed by atoms with van der Waals surface area (Å²) in [4.78, 5) is 121. The van der Waals surface area contributed by atoms with Crippen molar-refractivity contribution in [3.63, 3.8) is 0 Å². The van der Waals surface area contributed by atoms with Gasteiger partial charge in [0, 0.05) is 61.2 Å². The number of aliphatic carboxylic acids is 1. The Morgan fingerprint density at radius 1 is 0.676 bits per heavy atom. The van der Waals surface area contributed by atoms with Crippen LogP contribution in [-0.4, -0.2) is 123 Å². The van der Waals surface area contributed by atoms with Crippen LogP contribution in [0, 0.1) is 0 Å². The van der Waals surface area contributed by atoms with Gasteiger partial charge in [0.05, 0.1) is 12.4 Å². The Morgan fingerprint density at radius 3 is 1.88 bits per heavy atom. The van der Waals surface area contributed by atoms with Gasteiger partial charge in [-0.15, -0.1) is 0 Å². The lowest BCUT2D eigenvalue weighted by molar-refractivity contribution is -0.138. The maximum Gasteiger partial charge on any atom is 0.322 e. The predicted octanol–water partition coefficient (Wildman–Crippen LogP) is -1.62. The van der Waals surface area contributed by atoms with Crippen LogP contribution < -0.4 is 54.8 Å². The van der Waals surface area contributed by atoms with E-state index in [1.807, 2.05) is 25.1 Å². The number of amides is 7. The van der Waals surface area contributed by atoms with E-state index in [2.05, 4.69) is 51.8 Å². The minimum absolute atomic E-state index is 0.0596. The van der Waals surface area contributed by atoms with E-state index in [0.717, 1.165) is 17.3 Å². The van der Waals surface area contributed by atoms with Crippen LogP contribution in [0.5, 0.6) is 0 Å². The largest absolute Gasteiger partial charge is 0.480 e. The minimum atomic E-state index is -1.40. The number of H-pyrrole nitrogens is 2. The number of para-hydroxylation sites is 1. The summed E-state index contributed by atoms with van der Waals surface area (Å²) in [6.07, 6.45) is 5.52. The molecule has 0 aliphatic heterocycles. The number of fused-ring (bicyclic) bond motifs is 1. The Kier molecular flexibility index (Phi) is 20.9. The van der Waals surface area contributed by atoms with Gasteiger partial charge in [0.1, 0.15) is 36.8 Å². The highest BCUT2D eigenvalue weighted by Crippen LogP contribution is 2.19. The third kappa shape index (κ3) is 17.5. The van der Waals surface area contributed by atoms with Gasteiger partial charge < -0.3 is 69.9 Å². The van der Waals surface area contributed by atoms with Crippen LogP contribution in [0.3, 0.4) is 0 Å². The number of nitrogens with two attached hydrogens (primary N) is 4. The summed E-state index contributed by atoms with van der Waals surface area (Å²) in [5, 5.41) is 25.7. The van der Waals surface area contributed by atoms with E-state index in [0.29, 0.717) is 29.7 Å². The predicted molar refractivity (Wildman–Crippen MR) is 251 cm³/mol. The molecule has 2 aromatic heterocycles. The molecule has 17 N–H and O–H groups in total. The Hall–Kier alpha value is -7.82. The van der Waals surface area contributed by atoms with E-state index in [9.17, 15) is 43.5 Å². The number of carboxylic acids is 1. The standard InChI is InChI=1S/C45H62N14O9/c1-2-3-13-30(46)39(63)55-33(16-17-37(47)60)42(66)59-36(21-28-23-50-25-54-28)44(68)57-34(19-26-10-5-4-6-11-26)43(67)56-32(15-9-18-51-45(48)49)41(65)58-35(40(64)53-24-38(61)62)20-27-22-52-31-14-8-7-12-29(27)31/h4-8,10-12,14,22-23,25,30,32-36,52H,2-3,9,13,15-21,24,46H2,1H3,(H2,47,60)(H,50,54)(H,53,64)(H,55,63)(H,56,67)(H,57,68)(H,58,65)(H,59,66)(H,61,62)(H4,48,49,51)/t30-,32-,33-,34+,35+,36-/m0/s1. The summed E-state index contributed by atoms with van der Waals surface area (Å²) in [5.41, 5.74) is 24.9. The van der Waals surface area contributed by atoms with Gasteiger partial charge in [0.15, 0.2) is 5.96 Å². The van der Waals surface area contributed by atoms with Crippen LogP contribution in [-0.2, 0) is 57.6 Å². The average Bonchev–Trinajstić information content (AvgIpc) is 3.99. The monoisotopic (exact) mass is 942 g/mol. The molecule has 2 aromatic carbocycles. The number of carbonyl (C=O) groups is 8. The van der Waals surface area contributed by atoms with Gasteiger partial charge in [-0.2, -0.15) is 0 Å². The molecule has 0 unspecified atom stereocenters. The Labute approximate surface area is 392 Å². The molecule has 0 spiro atoms. The molecule has 4 aromatic rings. The van der Waals surface area contributed by atoms with Gasteiger partial charge in [0.25, 0.3) is 0 Å². The number of aromatic nitrogens is 3. The number of carboxylic acid groups (broad SMARTS) is 1. The number of carbonyl (C=O) groups excluding carboxylic acids is 7. The molecular formula is C45H62N14O9. The fraction of sp³-hybridized carbons (Fsp3) is 0.422. The topological polar surface area (TPSA) is 390 Å². The van der Waals surface area contributed by atoms with Crippen LogP contribution >= 0.6 is 0 Å². The van der Waals surface area contributed by atoms with Crippen LogP contribution in [0.4, 0.5) is 0 Å². The number of unbranched alkanes of at least 4 members (excludes halogenated alkanes) is 1. The molecule has 23 heteroatoms. The molecule has 0 fully saturated rings. The number of hydrogen-bond acceptors (Lipinski definition) is 11. The summed E-state index contributed by atoms with van der Waals surface area (Å²) in [6.45, 7) is 1.26. The molecule has 0 bridgehead atoms. The van der Waals surface area contributed by atoms with Gasteiger partial charge in [-0.25, -0.2) is 4.98 Å². The molecule has 23 nitrogen and oxygen atoms in total. The van der Waals surface area contributed by atoms with Crippen molar-refractivity contribution in [3.8, 4) is 0 Å². The Balaban J connectivity index is 1.64. The molecule has 2 heterocycles. The van der Waals surface area contributed by atoms with Gasteiger partial charge in [-0.3, -0.25) is 43.3 Å². The number of rotatable bonds is 29. The minimum Gasteiger partial charge on any atom is -0.480 e. The quantitative estimate of drug-likeness (QED) is 0.0166. The van der Waals surface area contributed by atoms with E-state index in [1.165, 1.54) is 12.5 Å². The summed E-state index contributed by atoms with van der Waals surface area (Å²) < 4.78 is 0. The van der Waals surface area contributed by atoms with Gasteiger partial charge >= 0.3 is 5.97 Å². The number of nitrogens with one attached hydrogen (secondary N) is 8. The summed E-state index contributed by atoms with van der Waals surface area (Å²) in [6, 6.07) is 8.19. The normalized spacial score (nSPS) is 13.6. The second kappa shape index (κ2) is 27.0. The first kappa shape index (κ1) is 52.8. The highest BCUT2D eigenvalue weighted by Gasteiger charge is 2.34. The van der Waals surface area contributed by atoms with E-state index < -0.39 is 90.1 Å². The first-order chi connectivity index (χ1) is 32.5. The molecule has 7 amide bonds. The third-order valence-corrected chi connectivity index (χ3v) is 10.8. The number of aromatic amines is 2. The summed E-state index contributed by atoms with van der Waals surface area (Å²) in [5.74, 6) is -7.00. The second-order valence-electron chi connectivity index (χ2n) is 16.2. The zero-order valence-electron chi connectivity index (χ0n) is 37.8. The molecule has 0 aliphatic rings. The first-order valence-corrected chi connectivity index (χ1v) is 22.2. The summed E-state index contributed by atoms with van der Waals surface area (Å²) in [7, 11) is 0. The number of hydrogen-bond donors (Lipinski definition) is 13. The third-order valence-electron chi connectivity index (χ3n) is 10.8. The average molecular weight is 943 g/mol. The smallest absolute Gasteiger partial charge is 0.322 e. The van der Waals surface area contributed by atoms with Crippen molar-refractivity contribution in [2.75, 3.05) is 13.1 Å². The Bertz CT molecular complexity index is 2350. The molecule has 6 atom stereocenters. The van der Waals surface area contributed by atoms with Crippen molar-refractivity contribution in [1.29, 1.82) is 0 Å². The number of guanidine groups is 1. The molecular weight excluding hydrogens is 881 g/mol. The lowest BCUT2D eigenvalue weighted by atomic mass is 10.0. The van der Waals surface area contributed by atoms with Crippen molar-refractivity contribution in [3.05, 3.63) is 90.1 Å². The highest BCUT2D eigenvalue weighted by atomic mass is 16.4. The molecule has 0 saturated carbocycles. The van der Waals surface area contributed by atoms with Crippen LogP contribution in [0.1, 0.15) is 68.7 Å². The zero-order chi connectivity index (χ0) is 49.6. The molecule has 68 heavy (non-hydrogen) atoms. The van der Waals surface area contributed by atoms with Crippen molar-refractivity contribution in [1.82, 2.24) is 46.9 Å². The van der Waals surface area contributed by atoms with Gasteiger partial charge in [-0.1, -0.05) is 68.3 Å². The molecule has 366 valence electrons. The van der Waals surface area contributed by atoms with Crippen LogP contribution in [0.2, 0.25) is 0 Å². The zero-order valence-corrected chi connectivity index (χ0v) is 37.8. The number of benzene rings is 2. The van der Waals surface area contributed by atoms with E-state index in [1.54, 1.807) is 42.6 Å². The molecule has 0 saturated heterocycles. The SMILES string of the molecule is CCCC[C@H](N)C(=O)N[C@@H](CCC(N)=O)C(=O)N[C@@H](Cc1cnc[nH]1)C(=O)N[C@H](Cc1ccccc1)C(=O)N[C@@H](CCCN=C(N)N)C(=O)N[C@H](Cc1c[nH]c2ccccc12)C(=O)NCC(=O)O. The molecule has 4 rings (SSSR count). The lowest BCUT2D eigenvalue weighted by Crippen LogP contribution is -2.60. The highest BCUT2D eigenvalue weighted by molar-refractivity contribution is 5.97. The second-order valence-corrected chi connectivity index (χ2v) is 16.2. The van der Waals surface area contributed by atoms with E-state index in [-0.39, 0.29) is 57.5 Å². The van der Waals surface area contributed by atoms with Gasteiger partial charge in [0.2, 0.25) is 41.4 Å². The maximum atomic E-state index is 14.5. The van der Waals surface area contributed by atoms with Gasteiger partial charge in [-0.05, 0) is 42.9 Å². The number of primary amides is 1. The van der Waals surface area contributed by atoms with Crippen molar-refractivity contribution in [2.24, 2.45) is 27.9 Å². The fourth-order valence-electron chi connectivity index (χ4n) is 7.15. The van der Waals surface area contributed by atoms with Crippen LogP contribution in [0.15, 0.2) is 78.3 Å². The molecule has 0 radical (unpaired) electrons. The summed E-state index contributed by atoms with van der Waals surface area (Å²) >= 11 is 0. The lowest BCUT2D eigenvalue weighted by Gasteiger charge is -2.27. The number of aliphatic imine (C=N–C) groups is 1. The van der Waals surface area contributed by atoms with Crippen LogP contribution in [0.25, 0.3) is 10.9 Å². The van der Waals surface area contributed by atoms with Crippen molar-refractivity contribution >= 4 is 64.2 Å². The Morgan fingerprint density at radius 2 is 1.26 bits per heavy atom. The van der Waals surface area contributed by atoms with Crippen molar-refractivity contribution in [2.45, 2.75) is 107 Å². The van der Waals surface area contributed by atoms with E-state index in [4.69, 9.17) is 22.9 Å². The number of nitrogens with zero attached hydrogens (tertiary/aromatic N) is 2. The van der Waals surface area contributed by atoms with Crippen molar-refractivity contribution < 1.29 is 43.5 Å². The number of imidazole rings is 1. The molecule has 0 aliphatic carbocycles. The van der Waals surface area contributed by atoms with E-state index >= 15 is 0 Å². The maximum absolute atomic E-state index is 14.5. The fourth-order valence-corrected chi connectivity index (χ4v) is 7.15. The first-order valence-electron chi connectivity index (χ1n) is 22.2.